The Labute approximate surface area is 201 Å². The second kappa shape index (κ2) is 9.64. The van der Waals surface area contributed by atoms with Crippen LogP contribution in [-0.2, 0) is 16.1 Å². The molecule has 4 rings (SSSR count). The summed E-state index contributed by atoms with van der Waals surface area (Å²) < 4.78 is 13.9. The maximum atomic E-state index is 13.9. The van der Waals surface area contributed by atoms with Crippen molar-refractivity contribution in [1.82, 2.24) is 20.0 Å². The highest BCUT2D eigenvalue weighted by molar-refractivity contribution is 6.09. The molecule has 4 amide bonds. The van der Waals surface area contributed by atoms with Gasteiger partial charge in [-0.1, -0.05) is 45.4 Å². The minimum atomic E-state index is -0.851. The fourth-order valence-corrected chi connectivity index (χ4v) is 5.60. The Kier molecular flexibility index (Phi) is 6.99. The van der Waals surface area contributed by atoms with E-state index in [0.717, 1.165) is 24.2 Å². The number of nitrogens with one attached hydrogen (secondary N) is 1. The van der Waals surface area contributed by atoms with Crippen LogP contribution in [0.4, 0.5) is 9.18 Å². The second-order valence-corrected chi connectivity index (χ2v) is 10.8. The lowest BCUT2D eigenvalue weighted by Gasteiger charge is -2.42. The highest BCUT2D eigenvalue weighted by atomic mass is 19.1. The summed E-state index contributed by atoms with van der Waals surface area (Å²) in [5.74, 6) is -0.159. The van der Waals surface area contributed by atoms with Gasteiger partial charge in [0.2, 0.25) is 5.91 Å². The fourth-order valence-electron chi connectivity index (χ4n) is 5.60. The van der Waals surface area contributed by atoms with Crippen LogP contribution in [0.2, 0.25) is 0 Å². The number of nitrogens with zero attached hydrogens (tertiary/aromatic N) is 3. The molecule has 8 heteroatoms. The molecular formula is C26H37FN4O3. The molecule has 3 aliphatic rings. The zero-order chi connectivity index (χ0) is 24.5. The minimum Gasteiger partial charge on any atom is -0.339 e. The van der Waals surface area contributed by atoms with Gasteiger partial charge < -0.3 is 10.2 Å². The highest BCUT2D eigenvalue weighted by Gasteiger charge is 2.54. The van der Waals surface area contributed by atoms with Gasteiger partial charge in [0.25, 0.3) is 5.91 Å². The molecule has 0 atom stereocenters. The summed E-state index contributed by atoms with van der Waals surface area (Å²) in [5.41, 5.74) is 0.0111. The van der Waals surface area contributed by atoms with Crippen molar-refractivity contribution in [2.24, 2.45) is 11.3 Å². The van der Waals surface area contributed by atoms with E-state index in [1.807, 2.05) is 6.07 Å². The molecule has 0 radical (unpaired) electrons. The number of amides is 4. The Morgan fingerprint density at radius 2 is 1.76 bits per heavy atom. The van der Waals surface area contributed by atoms with Crippen molar-refractivity contribution >= 4 is 17.8 Å². The fraction of sp³-hybridized carbons (Fsp3) is 0.654. The van der Waals surface area contributed by atoms with E-state index in [9.17, 15) is 18.8 Å². The van der Waals surface area contributed by atoms with Gasteiger partial charge in [-0.25, -0.2) is 9.18 Å². The van der Waals surface area contributed by atoms with Crippen molar-refractivity contribution in [3.05, 3.63) is 35.6 Å². The zero-order valence-corrected chi connectivity index (χ0v) is 20.6. The van der Waals surface area contributed by atoms with Gasteiger partial charge in [0.05, 0.1) is 0 Å². The predicted molar refractivity (Wildman–Crippen MR) is 127 cm³/mol. The van der Waals surface area contributed by atoms with Crippen molar-refractivity contribution in [3.63, 3.8) is 0 Å². The van der Waals surface area contributed by atoms with Crippen molar-refractivity contribution in [1.29, 1.82) is 0 Å². The van der Waals surface area contributed by atoms with Crippen LogP contribution in [0.3, 0.4) is 0 Å². The number of halogens is 1. The summed E-state index contributed by atoms with van der Waals surface area (Å²) in [7, 11) is 0. The number of carbonyl (C=O) groups is 3. The van der Waals surface area contributed by atoms with Crippen LogP contribution < -0.4 is 5.32 Å². The standard InChI is InChI=1S/C26H37FN4O3/c1-4-25(2,3)20-9-11-26(12-10-20)23(33)31(24(34)28-26)18-22(32)30-15-13-29(14-16-30)17-19-7-5-6-8-21(19)27/h5-8,20H,4,9-18H2,1-3H3,(H,28,34). The molecule has 1 aromatic carbocycles. The number of carbonyl (C=O) groups excluding carboxylic acids is 3. The van der Waals surface area contributed by atoms with E-state index in [-0.39, 0.29) is 29.6 Å². The van der Waals surface area contributed by atoms with Crippen molar-refractivity contribution in [3.8, 4) is 0 Å². The van der Waals surface area contributed by atoms with Crippen LogP contribution >= 0.6 is 0 Å². The Balaban J connectivity index is 1.30. The topological polar surface area (TPSA) is 73.0 Å². The first-order valence-electron chi connectivity index (χ1n) is 12.5. The molecule has 0 bridgehead atoms. The molecule has 1 saturated carbocycles. The lowest BCUT2D eigenvalue weighted by atomic mass is 9.65. The van der Waals surface area contributed by atoms with Crippen LogP contribution in [0, 0.1) is 17.2 Å². The summed E-state index contributed by atoms with van der Waals surface area (Å²) in [5, 5.41) is 2.93. The van der Waals surface area contributed by atoms with Crippen molar-refractivity contribution in [2.75, 3.05) is 32.7 Å². The van der Waals surface area contributed by atoms with Crippen LogP contribution in [0.25, 0.3) is 0 Å². The first kappa shape index (κ1) is 24.6. The molecule has 2 saturated heterocycles. The SMILES string of the molecule is CCC(C)(C)C1CCC2(CC1)NC(=O)N(CC(=O)N1CCN(Cc3ccccc3F)CC1)C2=O. The van der Waals surface area contributed by atoms with Crippen LogP contribution in [0.15, 0.2) is 24.3 Å². The van der Waals surface area contributed by atoms with E-state index < -0.39 is 11.6 Å². The Morgan fingerprint density at radius 1 is 1.12 bits per heavy atom. The van der Waals surface area contributed by atoms with E-state index in [1.165, 1.54) is 6.07 Å². The lowest BCUT2D eigenvalue weighted by molar-refractivity contribution is -0.140. The van der Waals surface area contributed by atoms with Gasteiger partial charge in [-0.15, -0.1) is 0 Å². The second-order valence-electron chi connectivity index (χ2n) is 10.8. The molecule has 186 valence electrons. The van der Waals surface area contributed by atoms with Crippen LogP contribution in [-0.4, -0.2) is 70.8 Å². The highest BCUT2D eigenvalue weighted by Crippen LogP contribution is 2.45. The van der Waals surface area contributed by atoms with Gasteiger partial charge in [0, 0.05) is 38.3 Å². The summed E-state index contributed by atoms with van der Waals surface area (Å²) >= 11 is 0. The molecule has 7 nitrogen and oxygen atoms in total. The number of hydrogen-bond acceptors (Lipinski definition) is 4. The third kappa shape index (κ3) is 4.83. The smallest absolute Gasteiger partial charge is 0.325 e. The lowest BCUT2D eigenvalue weighted by Crippen LogP contribution is -2.53. The molecule has 1 aromatic rings. The molecule has 0 aromatic heterocycles. The predicted octanol–water partition coefficient (Wildman–Crippen LogP) is 3.39. The Hall–Kier alpha value is -2.48. The summed E-state index contributed by atoms with van der Waals surface area (Å²) in [6.07, 6.45) is 4.15. The first-order chi connectivity index (χ1) is 16.1. The largest absolute Gasteiger partial charge is 0.339 e. The number of benzene rings is 1. The quantitative estimate of drug-likeness (QED) is 0.645. The average Bonchev–Trinajstić information content (AvgIpc) is 3.05. The molecule has 3 fully saturated rings. The zero-order valence-electron chi connectivity index (χ0n) is 20.6. The minimum absolute atomic E-state index is 0.216. The van der Waals surface area contributed by atoms with Crippen molar-refractivity contribution in [2.45, 2.75) is 65.0 Å². The molecule has 2 heterocycles. The molecule has 34 heavy (non-hydrogen) atoms. The van der Waals surface area contributed by atoms with E-state index in [4.69, 9.17) is 0 Å². The maximum Gasteiger partial charge on any atom is 0.325 e. The monoisotopic (exact) mass is 472 g/mol. The van der Waals surface area contributed by atoms with Gasteiger partial charge in [0.15, 0.2) is 0 Å². The molecule has 0 unspecified atom stereocenters. The van der Waals surface area contributed by atoms with Crippen LogP contribution in [0.5, 0.6) is 0 Å². The molecule has 1 aliphatic carbocycles. The Bertz CT molecular complexity index is 934. The molecule has 2 aliphatic heterocycles. The summed E-state index contributed by atoms with van der Waals surface area (Å²) in [4.78, 5) is 43.8. The third-order valence-corrected chi connectivity index (χ3v) is 8.47. The number of piperazine rings is 1. The number of hydrogen-bond donors (Lipinski definition) is 1. The van der Waals surface area contributed by atoms with E-state index >= 15 is 0 Å². The van der Waals surface area contributed by atoms with Gasteiger partial charge in [0.1, 0.15) is 17.9 Å². The number of rotatable bonds is 6. The summed E-state index contributed by atoms with van der Waals surface area (Å²) in [6.45, 7) is 9.25. The first-order valence-corrected chi connectivity index (χ1v) is 12.5. The number of urea groups is 1. The Morgan fingerprint density at radius 3 is 2.38 bits per heavy atom. The average molecular weight is 473 g/mol. The van der Waals surface area contributed by atoms with Gasteiger partial charge in [-0.2, -0.15) is 0 Å². The molecule has 1 spiro atoms. The summed E-state index contributed by atoms with van der Waals surface area (Å²) in [6, 6.07) is 6.27. The third-order valence-electron chi connectivity index (χ3n) is 8.47. The van der Waals surface area contributed by atoms with Gasteiger partial charge in [-0.05, 0) is 43.1 Å². The van der Waals surface area contributed by atoms with Gasteiger partial charge >= 0.3 is 6.03 Å². The van der Waals surface area contributed by atoms with Gasteiger partial charge in [-0.3, -0.25) is 19.4 Å². The van der Waals surface area contributed by atoms with Crippen molar-refractivity contribution < 1.29 is 18.8 Å². The normalized spacial score (nSPS) is 26.3. The molecule has 1 N–H and O–H groups in total. The number of imide groups is 1. The van der Waals surface area contributed by atoms with E-state index in [2.05, 4.69) is 31.0 Å². The van der Waals surface area contributed by atoms with E-state index in [0.29, 0.717) is 57.0 Å². The van der Waals surface area contributed by atoms with E-state index in [1.54, 1.807) is 17.0 Å². The molecular weight excluding hydrogens is 435 g/mol. The maximum absolute atomic E-state index is 13.9. The van der Waals surface area contributed by atoms with Crippen LogP contribution in [0.1, 0.15) is 58.4 Å².